The number of carbonyl (C=O) groups is 1. The van der Waals surface area contributed by atoms with Crippen molar-refractivity contribution < 1.29 is 22.9 Å². The van der Waals surface area contributed by atoms with Crippen LogP contribution in [0.3, 0.4) is 0 Å². The highest BCUT2D eigenvalue weighted by Crippen LogP contribution is 2.20. The van der Waals surface area contributed by atoms with Crippen LogP contribution in [0.1, 0.15) is 15.9 Å². The van der Waals surface area contributed by atoms with Crippen LogP contribution in [-0.2, 0) is 10.1 Å². The molecular formula is C14H12N2O5S. The SMILES string of the molecule is O=C(O)c1cc(S(=O)(=O)O)ccc1NN=Cc1ccccc1. The van der Waals surface area contributed by atoms with Crippen molar-refractivity contribution in [1.82, 2.24) is 0 Å². The van der Waals surface area contributed by atoms with Crippen molar-refractivity contribution in [3.8, 4) is 0 Å². The minimum absolute atomic E-state index is 0.104. The predicted molar refractivity (Wildman–Crippen MR) is 80.9 cm³/mol. The smallest absolute Gasteiger partial charge is 0.337 e. The minimum Gasteiger partial charge on any atom is -0.478 e. The highest BCUT2D eigenvalue weighted by Gasteiger charge is 2.16. The number of nitrogens with one attached hydrogen (secondary N) is 1. The molecule has 0 saturated heterocycles. The molecule has 0 aromatic heterocycles. The Morgan fingerprint density at radius 2 is 1.82 bits per heavy atom. The fourth-order valence-corrected chi connectivity index (χ4v) is 2.18. The molecule has 22 heavy (non-hydrogen) atoms. The van der Waals surface area contributed by atoms with Gasteiger partial charge in [-0.1, -0.05) is 30.3 Å². The Kier molecular flexibility index (Phi) is 4.54. The monoisotopic (exact) mass is 320 g/mol. The third kappa shape index (κ3) is 3.90. The summed E-state index contributed by atoms with van der Waals surface area (Å²) in [5.74, 6) is -1.34. The van der Waals surface area contributed by atoms with Crippen molar-refractivity contribution in [3.05, 3.63) is 59.7 Å². The van der Waals surface area contributed by atoms with E-state index in [2.05, 4.69) is 10.5 Å². The topological polar surface area (TPSA) is 116 Å². The first-order chi connectivity index (χ1) is 10.4. The van der Waals surface area contributed by atoms with Crippen molar-refractivity contribution in [2.75, 3.05) is 5.43 Å². The molecule has 3 N–H and O–H groups in total. The van der Waals surface area contributed by atoms with Crippen molar-refractivity contribution in [2.45, 2.75) is 4.90 Å². The molecular weight excluding hydrogens is 308 g/mol. The largest absolute Gasteiger partial charge is 0.478 e. The lowest BCUT2D eigenvalue weighted by Crippen LogP contribution is -2.06. The number of hydrazone groups is 1. The number of carboxylic acids is 1. The van der Waals surface area contributed by atoms with Crippen LogP contribution < -0.4 is 5.43 Å². The molecule has 0 spiro atoms. The molecule has 8 heteroatoms. The minimum atomic E-state index is -4.47. The van der Waals surface area contributed by atoms with E-state index in [9.17, 15) is 13.2 Å². The normalized spacial score (nSPS) is 11.5. The standard InChI is InChI=1S/C14H12N2O5S/c17-14(18)12-8-11(22(19,20)21)6-7-13(12)16-15-9-10-4-2-1-3-5-10/h1-9,16H,(H,17,18)(H,19,20,21). The zero-order chi connectivity index (χ0) is 16.2. The van der Waals surface area contributed by atoms with E-state index < -0.39 is 21.0 Å². The van der Waals surface area contributed by atoms with E-state index in [4.69, 9.17) is 9.66 Å². The van der Waals surface area contributed by atoms with Crippen LogP contribution in [0.25, 0.3) is 0 Å². The van der Waals surface area contributed by atoms with E-state index in [0.717, 1.165) is 17.7 Å². The molecule has 0 unspecified atom stereocenters. The van der Waals surface area contributed by atoms with Crippen LogP contribution in [0.15, 0.2) is 58.5 Å². The van der Waals surface area contributed by atoms with Gasteiger partial charge in [0.1, 0.15) is 0 Å². The zero-order valence-corrected chi connectivity index (χ0v) is 12.0. The van der Waals surface area contributed by atoms with E-state index in [-0.39, 0.29) is 11.3 Å². The third-order valence-electron chi connectivity index (χ3n) is 2.72. The summed E-state index contributed by atoms with van der Waals surface area (Å²) in [6.45, 7) is 0. The molecule has 2 rings (SSSR count). The fourth-order valence-electron chi connectivity index (χ4n) is 1.67. The Hall–Kier alpha value is -2.71. The molecule has 0 aliphatic heterocycles. The lowest BCUT2D eigenvalue weighted by atomic mass is 10.2. The Morgan fingerprint density at radius 3 is 2.41 bits per heavy atom. The molecule has 0 saturated carbocycles. The zero-order valence-electron chi connectivity index (χ0n) is 11.2. The summed E-state index contributed by atoms with van der Waals surface area (Å²) in [6, 6.07) is 12.3. The molecule has 0 aliphatic carbocycles. The number of nitrogens with zero attached hydrogens (tertiary/aromatic N) is 1. The maximum absolute atomic E-state index is 11.2. The number of hydrogen-bond donors (Lipinski definition) is 3. The fraction of sp³-hybridized carbons (Fsp3) is 0. The number of rotatable bonds is 5. The van der Waals surface area contributed by atoms with Gasteiger partial charge < -0.3 is 5.11 Å². The first kappa shape index (κ1) is 15.7. The molecule has 0 fully saturated rings. The van der Waals surface area contributed by atoms with Crippen LogP contribution in [-0.4, -0.2) is 30.3 Å². The van der Waals surface area contributed by atoms with E-state index in [1.807, 2.05) is 30.3 Å². The molecule has 2 aromatic rings. The number of anilines is 1. The van der Waals surface area contributed by atoms with Gasteiger partial charge in [-0.3, -0.25) is 9.98 Å². The second-order valence-electron chi connectivity index (χ2n) is 4.27. The van der Waals surface area contributed by atoms with Gasteiger partial charge in [-0.25, -0.2) is 4.79 Å². The molecule has 114 valence electrons. The molecule has 0 atom stereocenters. The number of carboxylic acid groups (broad SMARTS) is 1. The second kappa shape index (κ2) is 6.37. The van der Waals surface area contributed by atoms with Gasteiger partial charge >= 0.3 is 5.97 Å². The van der Waals surface area contributed by atoms with Gasteiger partial charge in [0.05, 0.1) is 22.4 Å². The lowest BCUT2D eigenvalue weighted by Gasteiger charge is -2.06. The van der Waals surface area contributed by atoms with Gasteiger partial charge in [0.25, 0.3) is 10.1 Å². The predicted octanol–water partition coefficient (Wildman–Crippen LogP) is 2.08. The maximum Gasteiger partial charge on any atom is 0.337 e. The summed E-state index contributed by atoms with van der Waals surface area (Å²) in [5.41, 5.74) is 3.13. The third-order valence-corrected chi connectivity index (χ3v) is 3.57. The van der Waals surface area contributed by atoms with Crippen LogP contribution >= 0.6 is 0 Å². The van der Waals surface area contributed by atoms with Gasteiger partial charge in [-0.15, -0.1) is 0 Å². The summed E-state index contributed by atoms with van der Waals surface area (Å²) in [6.07, 6.45) is 1.49. The Bertz CT molecular complexity index is 816. The summed E-state index contributed by atoms with van der Waals surface area (Å²) >= 11 is 0. The molecule has 0 bridgehead atoms. The molecule has 2 aromatic carbocycles. The van der Waals surface area contributed by atoms with E-state index in [0.29, 0.717) is 0 Å². The maximum atomic E-state index is 11.2. The Labute approximate surface area is 126 Å². The van der Waals surface area contributed by atoms with Crippen molar-refractivity contribution in [1.29, 1.82) is 0 Å². The summed E-state index contributed by atoms with van der Waals surface area (Å²) in [7, 11) is -4.47. The van der Waals surface area contributed by atoms with Crippen molar-refractivity contribution in [3.63, 3.8) is 0 Å². The first-order valence-electron chi connectivity index (χ1n) is 6.07. The highest BCUT2D eigenvalue weighted by molar-refractivity contribution is 7.85. The molecule has 0 heterocycles. The number of hydrogen-bond acceptors (Lipinski definition) is 5. The van der Waals surface area contributed by atoms with Crippen LogP contribution in [0.4, 0.5) is 5.69 Å². The van der Waals surface area contributed by atoms with Gasteiger partial charge in [0.2, 0.25) is 0 Å². The van der Waals surface area contributed by atoms with Gasteiger partial charge in [0.15, 0.2) is 0 Å². The van der Waals surface area contributed by atoms with Crippen LogP contribution in [0.2, 0.25) is 0 Å². The number of benzene rings is 2. The molecule has 0 amide bonds. The highest BCUT2D eigenvalue weighted by atomic mass is 32.2. The molecule has 7 nitrogen and oxygen atoms in total. The van der Waals surface area contributed by atoms with E-state index >= 15 is 0 Å². The first-order valence-corrected chi connectivity index (χ1v) is 7.51. The second-order valence-corrected chi connectivity index (χ2v) is 5.69. The Morgan fingerprint density at radius 1 is 1.14 bits per heavy atom. The van der Waals surface area contributed by atoms with Gasteiger partial charge in [-0.2, -0.15) is 13.5 Å². The molecule has 0 aliphatic rings. The quantitative estimate of drug-likeness (QED) is 0.441. The van der Waals surface area contributed by atoms with E-state index in [1.54, 1.807) is 0 Å². The van der Waals surface area contributed by atoms with Gasteiger partial charge in [0, 0.05) is 0 Å². The van der Waals surface area contributed by atoms with E-state index in [1.165, 1.54) is 12.3 Å². The van der Waals surface area contributed by atoms with Crippen molar-refractivity contribution >= 4 is 28.0 Å². The van der Waals surface area contributed by atoms with Crippen molar-refractivity contribution in [2.24, 2.45) is 5.10 Å². The summed E-state index contributed by atoms with van der Waals surface area (Å²) in [4.78, 5) is 10.7. The summed E-state index contributed by atoms with van der Waals surface area (Å²) < 4.78 is 31.0. The summed E-state index contributed by atoms with van der Waals surface area (Å²) in [5, 5.41) is 13.0. The average molecular weight is 320 g/mol. The van der Waals surface area contributed by atoms with Gasteiger partial charge in [-0.05, 0) is 23.8 Å². The molecule has 0 radical (unpaired) electrons. The number of aromatic carboxylic acids is 1. The Balaban J connectivity index is 2.28. The van der Waals surface area contributed by atoms with Crippen LogP contribution in [0, 0.1) is 0 Å². The lowest BCUT2D eigenvalue weighted by molar-refractivity contribution is 0.0697. The van der Waals surface area contributed by atoms with Crippen LogP contribution in [0.5, 0.6) is 0 Å². The average Bonchev–Trinajstić information content (AvgIpc) is 2.47.